The normalized spacial score (nSPS) is 11.7. The van der Waals surface area contributed by atoms with Crippen molar-refractivity contribution in [3.05, 3.63) is 107 Å². The Morgan fingerprint density at radius 1 is 1.06 bits per heavy atom. The summed E-state index contributed by atoms with van der Waals surface area (Å²) in [6.45, 7) is 11.1. The molecule has 1 unspecified atom stereocenters. The third kappa shape index (κ3) is 3.88. The third-order valence-corrected chi connectivity index (χ3v) is 5.49. The third-order valence-electron chi connectivity index (χ3n) is 5.49. The molecule has 158 valence electrons. The van der Waals surface area contributed by atoms with Crippen LogP contribution in [0.4, 0.5) is 5.69 Å². The van der Waals surface area contributed by atoms with Gasteiger partial charge in [-0.05, 0) is 37.1 Å². The molecule has 1 aromatic heterocycles. The van der Waals surface area contributed by atoms with Gasteiger partial charge in [0.05, 0.1) is 23.8 Å². The van der Waals surface area contributed by atoms with E-state index in [1.54, 1.807) is 49.4 Å². The number of hydrogen-bond acceptors (Lipinski definition) is 3. The lowest BCUT2D eigenvalue weighted by Gasteiger charge is -2.17. The van der Waals surface area contributed by atoms with Crippen LogP contribution in [0.2, 0.25) is 0 Å². The van der Waals surface area contributed by atoms with Crippen molar-refractivity contribution in [3.8, 4) is 0 Å². The molecule has 4 rings (SSSR count). The molecule has 0 saturated carbocycles. The van der Waals surface area contributed by atoms with Crippen LogP contribution in [-0.4, -0.2) is 21.6 Å². The Labute approximate surface area is 186 Å². The number of nitrogens with zero attached hydrogens (tertiary/aromatic N) is 3. The summed E-state index contributed by atoms with van der Waals surface area (Å²) >= 11 is 0. The van der Waals surface area contributed by atoms with E-state index in [2.05, 4.69) is 15.3 Å². The van der Waals surface area contributed by atoms with Gasteiger partial charge in [-0.25, -0.2) is 4.85 Å². The molecule has 3 aromatic carbocycles. The van der Waals surface area contributed by atoms with E-state index in [1.807, 2.05) is 37.3 Å². The second-order valence-corrected chi connectivity index (χ2v) is 7.51. The highest BCUT2D eigenvalue weighted by Crippen LogP contribution is 2.25. The fraction of sp³-hybridized carbons (Fsp3) is 0.154. The molecule has 0 aliphatic carbocycles. The van der Waals surface area contributed by atoms with Gasteiger partial charge >= 0.3 is 0 Å². The molecule has 0 aliphatic rings. The minimum Gasteiger partial charge on any atom is -0.345 e. The molecule has 4 aromatic rings. The van der Waals surface area contributed by atoms with Crippen molar-refractivity contribution < 1.29 is 9.59 Å². The van der Waals surface area contributed by atoms with E-state index in [4.69, 9.17) is 6.57 Å². The monoisotopic (exact) mass is 422 g/mol. The molecule has 0 spiro atoms. The van der Waals surface area contributed by atoms with Gasteiger partial charge in [-0.15, -0.1) is 0 Å². The lowest BCUT2D eigenvalue weighted by Crippen LogP contribution is -2.28. The number of aromatic nitrogens is 2. The highest BCUT2D eigenvalue weighted by Gasteiger charge is 2.20. The van der Waals surface area contributed by atoms with Gasteiger partial charge in [0.1, 0.15) is 0 Å². The maximum Gasteiger partial charge on any atom is 0.268 e. The van der Waals surface area contributed by atoms with E-state index >= 15 is 0 Å². The first-order chi connectivity index (χ1) is 15.5. The number of hydrogen-bond donors (Lipinski definition) is 1. The van der Waals surface area contributed by atoms with Crippen LogP contribution >= 0.6 is 0 Å². The molecule has 0 aliphatic heterocycles. The van der Waals surface area contributed by atoms with Crippen LogP contribution in [0.25, 0.3) is 15.7 Å². The number of aryl methyl sites for hydroxylation is 1. The molecular weight excluding hydrogens is 400 g/mol. The molecule has 1 heterocycles. The zero-order valence-electron chi connectivity index (χ0n) is 17.9. The average Bonchev–Trinajstić information content (AvgIpc) is 3.18. The van der Waals surface area contributed by atoms with Gasteiger partial charge < -0.3 is 5.32 Å². The van der Waals surface area contributed by atoms with Crippen molar-refractivity contribution in [1.82, 2.24) is 15.1 Å². The van der Waals surface area contributed by atoms with Crippen LogP contribution in [0.5, 0.6) is 0 Å². The summed E-state index contributed by atoms with van der Waals surface area (Å²) in [5, 5.41) is 8.21. The lowest BCUT2D eigenvalue weighted by molar-refractivity contribution is 0.0933. The maximum absolute atomic E-state index is 13.1. The van der Waals surface area contributed by atoms with E-state index in [0.717, 1.165) is 17.4 Å². The highest BCUT2D eigenvalue weighted by molar-refractivity contribution is 6.06. The summed E-state index contributed by atoms with van der Waals surface area (Å²) in [7, 11) is 0. The van der Waals surface area contributed by atoms with Crippen LogP contribution in [0.3, 0.4) is 0 Å². The van der Waals surface area contributed by atoms with Gasteiger partial charge in [-0.2, -0.15) is 9.78 Å². The molecule has 6 heteroatoms. The molecule has 1 N–H and O–H groups in total. The molecule has 0 fully saturated rings. The van der Waals surface area contributed by atoms with Gasteiger partial charge in [0.25, 0.3) is 11.8 Å². The first-order valence-electron chi connectivity index (χ1n) is 10.4. The lowest BCUT2D eigenvalue weighted by atomic mass is 10.0. The Kier molecular flexibility index (Phi) is 5.82. The van der Waals surface area contributed by atoms with Crippen LogP contribution in [0.15, 0.2) is 72.8 Å². The summed E-state index contributed by atoms with van der Waals surface area (Å²) in [5.74, 6) is -0.554. The second kappa shape index (κ2) is 8.86. The van der Waals surface area contributed by atoms with E-state index in [9.17, 15) is 9.59 Å². The quantitative estimate of drug-likeness (QED) is 0.434. The summed E-state index contributed by atoms with van der Waals surface area (Å²) in [5.41, 5.74) is 3.36. The fourth-order valence-corrected chi connectivity index (χ4v) is 3.78. The van der Waals surface area contributed by atoms with Crippen LogP contribution in [-0.2, 0) is 0 Å². The predicted molar refractivity (Wildman–Crippen MR) is 124 cm³/mol. The Bertz CT molecular complexity index is 1350. The van der Waals surface area contributed by atoms with Crippen LogP contribution in [0.1, 0.15) is 51.4 Å². The molecule has 1 amide bonds. The van der Waals surface area contributed by atoms with Gasteiger partial charge in [0.2, 0.25) is 0 Å². The van der Waals surface area contributed by atoms with E-state index in [-0.39, 0.29) is 23.5 Å². The van der Waals surface area contributed by atoms with Crippen molar-refractivity contribution in [2.45, 2.75) is 26.3 Å². The van der Waals surface area contributed by atoms with Gasteiger partial charge in [0, 0.05) is 16.5 Å². The molecule has 0 bridgehead atoms. The number of para-hydroxylation sites is 1. The van der Waals surface area contributed by atoms with Crippen molar-refractivity contribution >= 4 is 28.4 Å². The van der Waals surface area contributed by atoms with Crippen molar-refractivity contribution in [2.75, 3.05) is 0 Å². The molecule has 1 atom stereocenters. The molecule has 0 radical (unpaired) electrons. The van der Waals surface area contributed by atoms with Crippen molar-refractivity contribution in [1.29, 1.82) is 0 Å². The Morgan fingerprint density at radius 3 is 2.50 bits per heavy atom. The van der Waals surface area contributed by atoms with Gasteiger partial charge in [-0.1, -0.05) is 61.5 Å². The van der Waals surface area contributed by atoms with Crippen LogP contribution < -0.4 is 5.32 Å². The Hall–Kier alpha value is -4.24. The highest BCUT2D eigenvalue weighted by atomic mass is 16.2. The van der Waals surface area contributed by atoms with E-state index in [1.165, 1.54) is 4.68 Å². The van der Waals surface area contributed by atoms with Crippen LogP contribution in [0, 0.1) is 13.5 Å². The largest absolute Gasteiger partial charge is 0.345 e. The molecule has 32 heavy (non-hydrogen) atoms. The Balaban J connectivity index is 1.66. The number of fused-ring (bicyclic) bond motifs is 1. The average molecular weight is 422 g/mol. The Morgan fingerprint density at radius 2 is 1.78 bits per heavy atom. The number of carbonyl (C=O) groups is 2. The number of rotatable bonds is 5. The number of carbonyl (C=O) groups excluding carboxylic acids is 2. The molecular formula is C26H22N4O2. The van der Waals surface area contributed by atoms with E-state index < -0.39 is 0 Å². The number of benzene rings is 3. The van der Waals surface area contributed by atoms with Gasteiger partial charge in [0.15, 0.2) is 5.69 Å². The zero-order valence-corrected chi connectivity index (χ0v) is 17.9. The topological polar surface area (TPSA) is 68.3 Å². The minimum absolute atomic E-state index is 0.0880. The zero-order chi connectivity index (χ0) is 22.7. The first kappa shape index (κ1) is 21.0. The van der Waals surface area contributed by atoms with E-state index in [0.29, 0.717) is 22.3 Å². The summed E-state index contributed by atoms with van der Waals surface area (Å²) < 4.78 is 1.30. The molecule has 0 saturated heterocycles. The predicted octanol–water partition coefficient (Wildman–Crippen LogP) is 5.47. The summed E-state index contributed by atoms with van der Waals surface area (Å²) in [4.78, 5) is 29.5. The van der Waals surface area contributed by atoms with Crippen molar-refractivity contribution in [2.24, 2.45) is 0 Å². The molecule has 6 nitrogen and oxygen atoms in total. The second-order valence-electron chi connectivity index (χ2n) is 7.51. The van der Waals surface area contributed by atoms with Crippen molar-refractivity contribution in [3.63, 3.8) is 0 Å². The SMILES string of the molecule is [C-]#[N+]c1ccccc1C(=O)n1nc(C)c2cc(C(=O)NC(CC)c3ccccc3)ccc21. The minimum atomic E-state index is -0.373. The van der Waals surface area contributed by atoms with Gasteiger partial charge in [-0.3, -0.25) is 9.59 Å². The summed E-state index contributed by atoms with van der Waals surface area (Å²) in [6, 6.07) is 21.6. The standard InChI is InChI=1S/C26H22N4O2/c1-4-22(18-10-6-5-7-11-18)28-25(31)19-14-15-24-21(16-19)17(2)29-30(24)26(32)20-12-8-9-13-23(20)27-3/h5-16,22H,4H2,1-2H3,(H,28,31). The summed E-state index contributed by atoms with van der Waals surface area (Å²) in [6.07, 6.45) is 0.768. The smallest absolute Gasteiger partial charge is 0.268 e. The first-order valence-corrected chi connectivity index (χ1v) is 10.4. The fourth-order valence-electron chi connectivity index (χ4n) is 3.78. The number of amides is 1. The number of nitrogens with one attached hydrogen (secondary N) is 1. The maximum atomic E-state index is 13.1.